The van der Waals surface area contributed by atoms with E-state index < -0.39 is 0 Å². The molecular formula is C14H13Br2N3OS. The van der Waals surface area contributed by atoms with Crippen molar-refractivity contribution in [3.05, 3.63) is 37.2 Å². The van der Waals surface area contributed by atoms with Gasteiger partial charge in [0.25, 0.3) is 0 Å². The highest BCUT2D eigenvalue weighted by molar-refractivity contribution is 9.11. The first-order valence-electron chi connectivity index (χ1n) is 6.59. The normalized spacial score (nSPS) is 14.4. The van der Waals surface area contributed by atoms with Crippen LogP contribution in [0, 0.1) is 0 Å². The number of halogens is 2. The fourth-order valence-electron chi connectivity index (χ4n) is 2.22. The standard InChI is InChI=1S/C14H13Br2N3OS/c15-9-5-8(6-10(16)13(9)20)7-17-19-14-18-11-3-1-2-4-12(11)21-14/h5-7,20H,1-4H2,(H,18,19)/b17-7+. The summed E-state index contributed by atoms with van der Waals surface area (Å²) in [5.41, 5.74) is 5.08. The monoisotopic (exact) mass is 429 g/mol. The molecule has 1 aliphatic rings. The van der Waals surface area contributed by atoms with Crippen LogP contribution in [0.3, 0.4) is 0 Å². The molecule has 110 valence electrons. The number of nitrogens with one attached hydrogen (secondary N) is 1. The van der Waals surface area contributed by atoms with Crippen LogP contribution in [0.25, 0.3) is 0 Å². The van der Waals surface area contributed by atoms with E-state index in [1.54, 1.807) is 29.7 Å². The predicted molar refractivity (Wildman–Crippen MR) is 93.5 cm³/mol. The number of nitrogens with zero attached hydrogens (tertiary/aromatic N) is 2. The molecular weight excluding hydrogens is 418 g/mol. The number of rotatable bonds is 3. The molecule has 4 nitrogen and oxygen atoms in total. The van der Waals surface area contributed by atoms with Gasteiger partial charge in [0, 0.05) is 4.88 Å². The SMILES string of the molecule is Oc1c(Br)cc(/C=N/Nc2nc3c(s2)CCCC3)cc1Br. The number of hydrazone groups is 1. The molecule has 0 amide bonds. The Morgan fingerprint density at radius 2 is 1.95 bits per heavy atom. The third kappa shape index (κ3) is 3.46. The van der Waals surface area contributed by atoms with Crippen molar-refractivity contribution in [2.24, 2.45) is 5.10 Å². The number of benzene rings is 1. The molecule has 1 aliphatic carbocycles. The Morgan fingerprint density at radius 3 is 2.67 bits per heavy atom. The maximum atomic E-state index is 9.67. The number of anilines is 1. The lowest BCUT2D eigenvalue weighted by molar-refractivity contribution is 0.468. The van der Waals surface area contributed by atoms with Crippen molar-refractivity contribution in [2.75, 3.05) is 5.43 Å². The number of phenols is 1. The molecule has 1 heterocycles. The van der Waals surface area contributed by atoms with Crippen molar-refractivity contribution < 1.29 is 5.11 Å². The quantitative estimate of drug-likeness (QED) is 0.548. The summed E-state index contributed by atoms with van der Waals surface area (Å²) in [5, 5.41) is 14.7. The van der Waals surface area contributed by atoms with Gasteiger partial charge < -0.3 is 5.11 Å². The van der Waals surface area contributed by atoms with Gasteiger partial charge in [-0.2, -0.15) is 5.10 Å². The zero-order chi connectivity index (χ0) is 14.8. The summed E-state index contributed by atoms with van der Waals surface area (Å²) in [6.07, 6.45) is 6.41. The lowest BCUT2D eigenvalue weighted by Crippen LogP contribution is -1.99. The Labute approximate surface area is 143 Å². The molecule has 0 spiro atoms. The lowest BCUT2D eigenvalue weighted by atomic mass is 10.0. The average molecular weight is 431 g/mol. The first kappa shape index (κ1) is 15.0. The van der Waals surface area contributed by atoms with E-state index in [0.29, 0.717) is 8.95 Å². The molecule has 21 heavy (non-hydrogen) atoms. The molecule has 0 fully saturated rings. The molecule has 0 bridgehead atoms. The third-order valence-corrected chi connectivity index (χ3v) is 5.53. The summed E-state index contributed by atoms with van der Waals surface area (Å²) in [6, 6.07) is 3.61. The van der Waals surface area contributed by atoms with E-state index in [0.717, 1.165) is 23.5 Å². The molecule has 2 N–H and O–H groups in total. The Morgan fingerprint density at radius 1 is 1.24 bits per heavy atom. The smallest absolute Gasteiger partial charge is 0.203 e. The van der Waals surface area contributed by atoms with Gasteiger partial charge in [-0.1, -0.05) is 0 Å². The van der Waals surface area contributed by atoms with Crippen LogP contribution in [0.15, 0.2) is 26.2 Å². The summed E-state index contributed by atoms with van der Waals surface area (Å²) in [6.45, 7) is 0. The van der Waals surface area contributed by atoms with Crippen LogP contribution in [-0.4, -0.2) is 16.3 Å². The highest BCUT2D eigenvalue weighted by Crippen LogP contribution is 2.33. The topological polar surface area (TPSA) is 57.5 Å². The van der Waals surface area contributed by atoms with Gasteiger partial charge in [0.05, 0.1) is 20.9 Å². The van der Waals surface area contributed by atoms with Crippen molar-refractivity contribution in [3.8, 4) is 5.75 Å². The van der Waals surface area contributed by atoms with Crippen LogP contribution >= 0.6 is 43.2 Å². The zero-order valence-corrected chi connectivity index (χ0v) is 15.1. The molecule has 2 aromatic rings. The van der Waals surface area contributed by atoms with Crippen LogP contribution in [-0.2, 0) is 12.8 Å². The number of hydrogen-bond donors (Lipinski definition) is 2. The van der Waals surface area contributed by atoms with Gasteiger partial charge in [0.2, 0.25) is 5.13 Å². The van der Waals surface area contributed by atoms with E-state index in [1.165, 1.54) is 23.4 Å². The van der Waals surface area contributed by atoms with E-state index in [9.17, 15) is 5.11 Å². The van der Waals surface area contributed by atoms with E-state index >= 15 is 0 Å². The number of thiazole rings is 1. The second-order valence-electron chi connectivity index (χ2n) is 4.80. The summed E-state index contributed by atoms with van der Waals surface area (Å²) in [5.74, 6) is 0.188. The Balaban J connectivity index is 1.71. The number of aromatic hydroxyl groups is 1. The number of fused-ring (bicyclic) bond motifs is 1. The molecule has 7 heteroatoms. The molecule has 0 aliphatic heterocycles. The zero-order valence-electron chi connectivity index (χ0n) is 11.1. The molecule has 0 radical (unpaired) electrons. The number of hydrogen-bond acceptors (Lipinski definition) is 5. The van der Waals surface area contributed by atoms with E-state index in [1.807, 2.05) is 0 Å². The number of phenolic OH excluding ortho intramolecular Hbond substituents is 1. The molecule has 0 saturated carbocycles. The van der Waals surface area contributed by atoms with Gasteiger partial charge in [-0.25, -0.2) is 4.98 Å². The highest BCUT2D eigenvalue weighted by atomic mass is 79.9. The first-order valence-corrected chi connectivity index (χ1v) is 8.99. The summed E-state index contributed by atoms with van der Waals surface area (Å²) < 4.78 is 1.26. The summed E-state index contributed by atoms with van der Waals surface area (Å²) in [4.78, 5) is 5.95. The van der Waals surface area contributed by atoms with E-state index in [2.05, 4.69) is 47.4 Å². The van der Waals surface area contributed by atoms with Gasteiger partial charge in [0.1, 0.15) is 5.75 Å². The van der Waals surface area contributed by atoms with Gasteiger partial charge in [-0.15, -0.1) is 11.3 Å². The number of aromatic nitrogens is 1. The minimum Gasteiger partial charge on any atom is -0.506 e. The first-order chi connectivity index (χ1) is 10.1. The maximum Gasteiger partial charge on any atom is 0.203 e. The average Bonchev–Trinajstić information content (AvgIpc) is 2.87. The lowest BCUT2D eigenvalue weighted by Gasteiger charge is -2.06. The van der Waals surface area contributed by atoms with E-state index in [-0.39, 0.29) is 5.75 Å². The van der Waals surface area contributed by atoms with Gasteiger partial charge in [-0.05, 0) is 75.2 Å². The Bertz CT molecular complexity index is 653. The van der Waals surface area contributed by atoms with Gasteiger partial charge >= 0.3 is 0 Å². The third-order valence-electron chi connectivity index (χ3n) is 3.26. The van der Waals surface area contributed by atoms with Crippen LogP contribution in [0.4, 0.5) is 5.13 Å². The minimum absolute atomic E-state index is 0.188. The van der Waals surface area contributed by atoms with Crippen molar-refractivity contribution in [1.82, 2.24) is 4.98 Å². The largest absolute Gasteiger partial charge is 0.506 e. The molecule has 1 aromatic carbocycles. The summed E-state index contributed by atoms with van der Waals surface area (Å²) >= 11 is 8.28. The maximum absolute atomic E-state index is 9.67. The van der Waals surface area contributed by atoms with Crippen molar-refractivity contribution in [1.29, 1.82) is 0 Å². The second-order valence-corrected chi connectivity index (χ2v) is 7.59. The van der Waals surface area contributed by atoms with E-state index in [4.69, 9.17) is 0 Å². The Hall–Kier alpha value is -0.920. The Kier molecular flexibility index (Phi) is 4.61. The minimum atomic E-state index is 0.188. The molecule has 0 atom stereocenters. The van der Waals surface area contributed by atoms with Crippen LogP contribution in [0.2, 0.25) is 0 Å². The van der Waals surface area contributed by atoms with Gasteiger partial charge in [-0.3, -0.25) is 5.43 Å². The van der Waals surface area contributed by atoms with Crippen LogP contribution in [0.5, 0.6) is 5.75 Å². The summed E-state index contributed by atoms with van der Waals surface area (Å²) in [7, 11) is 0. The van der Waals surface area contributed by atoms with Crippen molar-refractivity contribution in [3.63, 3.8) is 0 Å². The highest BCUT2D eigenvalue weighted by Gasteiger charge is 2.14. The van der Waals surface area contributed by atoms with Crippen LogP contribution in [0.1, 0.15) is 29.0 Å². The molecule has 1 aromatic heterocycles. The van der Waals surface area contributed by atoms with Crippen LogP contribution < -0.4 is 5.43 Å². The molecule has 0 saturated heterocycles. The molecule has 3 rings (SSSR count). The van der Waals surface area contributed by atoms with Crippen molar-refractivity contribution >= 4 is 54.5 Å². The fraction of sp³-hybridized carbons (Fsp3) is 0.286. The van der Waals surface area contributed by atoms with Crippen molar-refractivity contribution in [2.45, 2.75) is 25.7 Å². The molecule has 0 unspecified atom stereocenters. The predicted octanol–water partition coefficient (Wildman–Crippen LogP) is 4.70. The number of aryl methyl sites for hydroxylation is 2. The second kappa shape index (κ2) is 6.46. The fourth-order valence-corrected chi connectivity index (χ4v) is 4.44. The van der Waals surface area contributed by atoms with Gasteiger partial charge in [0.15, 0.2) is 0 Å².